The molecule has 0 spiro atoms. The van der Waals surface area contributed by atoms with Crippen LogP contribution in [0.5, 0.6) is 0 Å². The molecule has 0 amide bonds. The molecule has 0 atom stereocenters. The van der Waals surface area contributed by atoms with Gasteiger partial charge in [-0.2, -0.15) is 0 Å². The summed E-state index contributed by atoms with van der Waals surface area (Å²) in [6.45, 7) is 2.54. The maximum Gasteiger partial charge on any atom is 0.313 e. The van der Waals surface area contributed by atoms with E-state index < -0.39 is 5.97 Å². The Bertz CT molecular complexity index is 561. The third-order valence-electron chi connectivity index (χ3n) is 2.56. The van der Waals surface area contributed by atoms with Crippen LogP contribution in [-0.4, -0.2) is 35.9 Å². The molecule has 0 aromatic carbocycles. The van der Waals surface area contributed by atoms with Gasteiger partial charge < -0.3 is 14.2 Å². The fourth-order valence-corrected chi connectivity index (χ4v) is 2.31. The fourth-order valence-electron chi connectivity index (χ4n) is 1.56. The molecule has 0 aliphatic heterocycles. The summed E-state index contributed by atoms with van der Waals surface area (Å²) >= 11 is 1.22. The summed E-state index contributed by atoms with van der Waals surface area (Å²) in [6.07, 6.45) is 5.37. The number of thioether (sulfide) groups is 1. The SMILES string of the molecule is Cc1cnc(SCC(=O)O)n1Cc1nccn1C. The van der Waals surface area contributed by atoms with E-state index in [4.69, 9.17) is 5.11 Å². The zero-order valence-electron chi connectivity index (χ0n) is 10.2. The van der Waals surface area contributed by atoms with E-state index in [1.807, 2.05) is 29.3 Å². The zero-order chi connectivity index (χ0) is 13.1. The molecule has 2 aromatic heterocycles. The van der Waals surface area contributed by atoms with Gasteiger partial charge in [-0.15, -0.1) is 0 Å². The molecule has 0 aliphatic rings. The summed E-state index contributed by atoms with van der Waals surface area (Å²) in [6, 6.07) is 0. The average Bonchev–Trinajstić information content (AvgIpc) is 2.86. The van der Waals surface area contributed by atoms with Gasteiger partial charge in [0.2, 0.25) is 0 Å². The quantitative estimate of drug-likeness (QED) is 0.822. The van der Waals surface area contributed by atoms with Gasteiger partial charge in [0.1, 0.15) is 5.82 Å². The van der Waals surface area contributed by atoms with E-state index in [0.717, 1.165) is 11.5 Å². The second-order valence-corrected chi connectivity index (χ2v) is 4.85. The van der Waals surface area contributed by atoms with E-state index in [1.165, 1.54) is 11.8 Å². The zero-order valence-corrected chi connectivity index (χ0v) is 11.0. The lowest BCUT2D eigenvalue weighted by molar-refractivity contribution is -0.133. The Morgan fingerprint density at radius 1 is 1.50 bits per heavy atom. The standard InChI is InChI=1S/C11H14N4O2S/c1-8-5-13-11(18-7-10(16)17)15(8)6-9-12-3-4-14(9)2/h3-5H,6-7H2,1-2H3,(H,16,17). The minimum absolute atomic E-state index is 0.0109. The molecule has 0 unspecified atom stereocenters. The van der Waals surface area contributed by atoms with Gasteiger partial charge >= 0.3 is 5.97 Å². The molecular formula is C11H14N4O2S. The van der Waals surface area contributed by atoms with Crippen LogP contribution in [-0.2, 0) is 18.4 Å². The van der Waals surface area contributed by atoms with Crippen LogP contribution in [0.4, 0.5) is 0 Å². The molecule has 7 heteroatoms. The first-order chi connectivity index (χ1) is 8.58. The lowest BCUT2D eigenvalue weighted by Crippen LogP contribution is -2.09. The van der Waals surface area contributed by atoms with Crippen LogP contribution in [0, 0.1) is 6.92 Å². The molecule has 0 saturated heterocycles. The van der Waals surface area contributed by atoms with Crippen molar-refractivity contribution in [1.29, 1.82) is 0 Å². The Morgan fingerprint density at radius 2 is 2.28 bits per heavy atom. The largest absolute Gasteiger partial charge is 0.481 e. The van der Waals surface area contributed by atoms with Crippen molar-refractivity contribution in [3.05, 3.63) is 30.1 Å². The number of rotatable bonds is 5. The molecule has 0 radical (unpaired) electrons. The summed E-state index contributed by atoms with van der Waals surface area (Å²) in [5.74, 6) is 0.0780. The smallest absolute Gasteiger partial charge is 0.313 e. The molecule has 96 valence electrons. The van der Waals surface area contributed by atoms with Crippen LogP contribution in [0.1, 0.15) is 11.5 Å². The summed E-state index contributed by atoms with van der Waals surface area (Å²) < 4.78 is 3.90. The number of aryl methyl sites for hydroxylation is 2. The summed E-state index contributed by atoms with van der Waals surface area (Å²) in [5.41, 5.74) is 0.992. The van der Waals surface area contributed by atoms with E-state index in [1.54, 1.807) is 12.4 Å². The third kappa shape index (κ3) is 2.73. The Hall–Kier alpha value is -1.76. The number of carboxylic acid groups (broad SMARTS) is 1. The lowest BCUT2D eigenvalue weighted by atomic mass is 10.5. The van der Waals surface area contributed by atoms with Crippen LogP contribution in [0.15, 0.2) is 23.7 Å². The van der Waals surface area contributed by atoms with Gasteiger partial charge in [0.05, 0.1) is 12.3 Å². The maximum absolute atomic E-state index is 10.6. The first kappa shape index (κ1) is 12.7. The number of aromatic nitrogens is 4. The molecule has 0 aliphatic carbocycles. The van der Waals surface area contributed by atoms with E-state index in [9.17, 15) is 4.79 Å². The fraction of sp³-hybridized carbons (Fsp3) is 0.364. The van der Waals surface area contributed by atoms with Crippen LogP contribution in [0.2, 0.25) is 0 Å². The summed E-state index contributed by atoms with van der Waals surface area (Å²) in [5, 5.41) is 9.41. The normalized spacial score (nSPS) is 10.8. The van der Waals surface area contributed by atoms with Gasteiger partial charge in [-0.3, -0.25) is 4.79 Å². The van der Waals surface area contributed by atoms with Gasteiger partial charge in [-0.1, -0.05) is 11.8 Å². The lowest BCUT2D eigenvalue weighted by Gasteiger charge is -2.09. The van der Waals surface area contributed by atoms with Crippen molar-refractivity contribution in [2.24, 2.45) is 7.05 Å². The highest BCUT2D eigenvalue weighted by atomic mass is 32.2. The molecule has 2 rings (SSSR count). The van der Waals surface area contributed by atoms with Gasteiger partial charge in [0.25, 0.3) is 0 Å². The number of hydrogen-bond donors (Lipinski definition) is 1. The molecule has 0 saturated carbocycles. The van der Waals surface area contributed by atoms with Crippen molar-refractivity contribution in [3.8, 4) is 0 Å². The monoisotopic (exact) mass is 266 g/mol. The maximum atomic E-state index is 10.6. The van der Waals surface area contributed by atoms with Crippen molar-refractivity contribution in [1.82, 2.24) is 19.1 Å². The predicted octanol–water partition coefficient (Wildman–Crippen LogP) is 1.15. The Balaban J connectivity index is 2.19. The summed E-state index contributed by atoms with van der Waals surface area (Å²) in [7, 11) is 1.93. The van der Waals surface area contributed by atoms with Gasteiger partial charge in [-0.25, -0.2) is 9.97 Å². The number of carbonyl (C=O) groups is 1. The number of aliphatic carboxylic acids is 1. The van der Waals surface area contributed by atoms with Gasteiger partial charge in [-0.05, 0) is 6.92 Å². The molecular weight excluding hydrogens is 252 g/mol. The first-order valence-corrected chi connectivity index (χ1v) is 6.39. The number of carboxylic acids is 1. The van der Waals surface area contributed by atoms with Crippen molar-refractivity contribution in [3.63, 3.8) is 0 Å². The van der Waals surface area contributed by atoms with Crippen LogP contribution in [0.3, 0.4) is 0 Å². The van der Waals surface area contributed by atoms with E-state index in [2.05, 4.69) is 9.97 Å². The molecule has 2 heterocycles. The van der Waals surface area contributed by atoms with Crippen molar-refractivity contribution in [2.75, 3.05) is 5.75 Å². The average molecular weight is 266 g/mol. The van der Waals surface area contributed by atoms with Crippen molar-refractivity contribution in [2.45, 2.75) is 18.6 Å². The predicted molar refractivity (Wildman–Crippen MR) is 67.6 cm³/mol. The summed E-state index contributed by atoms with van der Waals surface area (Å²) in [4.78, 5) is 19.1. The molecule has 2 aromatic rings. The Morgan fingerprint density at radius 3 is 2.89 bits per heavy atom. The van der Waals surface area contributed by atoms with Crippen LogP contribution >= 0.6 is 11.8 Å². The third-order valence-corrected chi connectivity index (χ3v) is 3.54. The van der Waals surface area contributed by atoms with E-state index in [0.29, 0.717) is 11.7 Å². The van der Waals surface area contributed by atoms with E-state index in [-0.39, 0.29) is 5.75 Å². The Labute approximate surface area is 109 Å². The highest BCUT2D eigenvalue weighted by molar-refractivity contribution is 7.99. The number of nitrogens with zero attached hydrogens (tertiary/aromatic N) is 4. The van der Waals surface area contributed by atoms with Gasteiger partial charge in [0, 0.05) is 31.3 Å². The Kier molecular flexibility index (Phi) is 3.71. The van der Waals surface area contributed by atoms with Crippen LogP contribution in [0.25, 0.3) is 0 Å². The van der Waals surface area contributed by atoms with Crippen molar-refractivity contribution < 1.29 is 9.90 Å². The second-order valence-electron chi connectivity index (χ2n) is 3.91. The topological polar surface area (TPSA) is 72.9 Å². The molecule has 0 fully saturated rings. The molecule has 6 nitrogen and oxygen atoms in total. The van der Waals surface area contributed by atoms with E-state index >= 15 is 0 Å². The molecule has 18 heavy (non-hydrogen) atoms. The molecule has 0 bridgehead atoms. The molecule has 1 N–H and O–H groups in total. The van der Waals surface area contributed by atoms with Gasteiger partial charge in [0.15, 0.2) is 5.16 Å². The highest BCUT2D eigenvalue weighted by Gasteiger charge is 2.11. The second kappa shape index (κ2) is 5.26. The number of imidazole rings is 2. The minimum atomic E-state index is -0.843. The number of hydrogen-bond acceptors (Lipinski definition) is 4. The van der Waals surface area contributed by atoms with Crippen LogP contribution < -0.4 is 0 Å². The first-order valence-electron chi connectivity index (χ1n) is 5.41. The highest BCUT2D eigenvalue weighted by Crippen LogP contribution is 2.19. The van der Waals surface area contributed by atoms with Crippen molar-refractivity contribution >= 4 is 17.7 Å². The minimum Gasteiger partial charge on any atom is -0.481 e.